The Hall–Kier alpha value is -3.55. The molecule has 1 N–H and O–H groups in total. The number of alkyl halides is 2. The van der Waals surface area contributed by atoms with Crippen LogP contribution in [0.5, 0.6) is 0 Å². The number of nitrogens with zero attached hydrogens (tertiary/aromatic N) is 5. The van der Waals surface area contributed by atoms with Crippen LogP contribution < -0.4 is 10.2 Å². The van der Waals surface area contributed by atoms with Gasteiger partial charge in [0.15, 0.2) is 11.5 Å². The number of halogens is 2. The summed E-state index contributed by atoms with van der Waals surface area (Å²) in [5, 5.41) is 16.2. The number of esters is 1. The molecule has 0 bridgehead atoms. The Morgan fingerprint density at radius 3 is 2.67 bits per heavy atom. The monoisotopic (exact) mass is 458 g/mol. The number of aromatic nitrogens is 3. The van der Waals surface area contributed by atoms with E-state index >= 15 is 0 Å². The maximum Gasteiger partial charge on any atom is 0.357 e. The summed E-state index contributed by atoms with van der Waals surface area (Å²) in [6, 6.07) is 6.62. The standard InChI is InChI=1S/C22H24F2N6O3/c1-21(2,3)33-18(31)15-11-17(28-30(15)20(23)24)27-16-10-14(6-8-26-16)29-9-7-22(12-25,19(29)32)13-4-5-13/h6,8,10-11,13,20H,4-5,7,9H2,1-3H3,(H,26,27,28)/t22-/m1/s1. The largest absolute Gasteiger partial charge is 0.455 e. The number of carbonyl (C=O) groups excluding carboxylic acids is 2. The predicted molar refractivity (Wildman–Crippen MR) is 114 cm³/mol. The van der Waals surface area contributed by atoms with Crippen LogP contribution in [0, 0.1) is 22.7 Å². The van der Waals surface area contributed by atoms with Crippen molar-refractivity contribution >= 4 is 29.2 Å². The molecule has 2 aliphatic rings. The molecule has 11 heteroatoms. The van der Waals surface area contributed by atoms with Crippen LogP contribution in [0.15, 0.2) is 24.4 Å². The van der Waals surface area contributed by atoms with Crippen molar-refractivity contribution in [1.29, 1.82) is 5.26 Å². The topological polar surface area (TPSA) is 113 Å². The van der Waals surface area contributed by atoms with Crippen molar-refractivity contribution in [3.8, 4) is 6.07 Å². The van der Waals surface area contributed by atoms with Gasteiger partial charge < -0.3 is 15.0 Å². The number of nitriles is 1. The summed E-state index contributed by atoms with van der Waals surface area (Å²) < 4.78 is 32.3. The van der Waals surface area contributed by atoms with Crippen LogP contribution >= 0.6 is 0 Å². The highest BCUT2D eigenvalue weighted by Gasteiger charge is 2.56. The van der Waals surface area contributed by atoms with Gasteiger partial charge in [-0.15, -0.1) is 5.10 Å². The predicted octanol–water partition coefficient (Wildman–Crippen LogP) is 4.03. The molecule has 1 aliphatic carbocycles. The zero-order valence-electron chi connectivity index (χ0n) is 18.5. The first-order valence-corrected chi connectivity index (χ1v) is 10.6. The number of hydrogen-bond donors (Lipinski definition) is 1. The Balaban J connectivity index is 1.56. The maximum atomic E-state index is 13.4. The molecular formula is C22H24F2N6O3. The molecule has 1 amide bonds. The Kier molecular flexibility index (Phi) is 5.56. The Morgan fingerprint density at radius 2 is 2.06 bits per heavy atom. The van der Waals surface area contributed by atoms with Crippen LogP contribution in [0.1, 0.15) is 57.1 Å². The van der Waals surface area contributed by atoms with E-state index < -0.39 is 29.2 Å². The number of pyridine rings is 1. The van der Waals surface area contributed by atoms with Gasteiger partial charge in [-0.3, -0.25) is 4.79 Å². The Bertz CT molecular complexity index is 1130. The third-order valence-electron chi connectivity index (χ3n) is 5.67. The van der Waals surface area contributed by atoms with Crippen LogP contribution in [-0.4, -0.2) is 38.8 Å². The van der Waals surface area contributed by atoms with Crippen LogP contribution in [0.2, 0.25) is 0 Å². The number of rotatable bonds is 6. The highest BCUT2D eigenvalue weighted by molar-refractivity contribution is 6.02. The van der Waals surface area contributed by atoms with Gasteiger partial charge in [-0.05, 0) is 52.0 Å². The summed E-state index contributed by atoms with van der Waals surface area (Å²) in [6.07, 6.45) is 3.69. The minimum absolute atomic E-state index is 0.0297. The lowest BCUT2D eigenvalue weighted by molar-refractivity contribution is -0.123. The smallest absolute Gasteiger partial charge is 0.357 e. The summed E-state index contributed by atoms with van der Waals surface area (Å²) in [4.78, 5) is 31.1. The highest BCUT2D eigenvalue weighted by Crippen LogP contribution is 2.51. The van der Waals surface area contributed by atoms with Crippen molar-refractivity contribution in [3.05, 3.63) is 30.1 Å². The average molecular weight is 458 g/mol. The van der Waals surface area contributed by atoms with Gasteiger partial charge in [0, 0.05) is 30.6 Å². The second-order valence-corrected chi connectivity index (χ2v) is 9.23. The third-order valence-corrected chi connectivity index (χ3v) is 5.67. The van der Waals surface area contributed by atoms with Crippen LogP contribution in [0.4, 0.5) is 26.1 Å². The molecule has 1 saturated carbocycles. The molecule has 2 aromatic heterocycles. The highest BCUT2D eigenvalue weighted by atomic mass is 19.3. The van der Waals surface area contributed by atoms with Crippen molar-refractivity contribution in [2.24, 2.45) is 11.3 Å². The maximum absolute atomic E-state index is 13.4. The van der Waals surface area contributed by atoms with Gasteiger partial charge in [0.25, 0.3) is 0 Å². The fourth-order valence-electron chi connectivity index (χ4n) is 4.01. The number of amides is 1. The SMILES string of the molecule is CC(C)(C)OC(=O)c1cc(Nc2cc(N3CC[C@@](C#N)(C4CC4)C3=O)ccn2)nn1C(F)F. The first-order chi connectivity index (χ1) is 15.5. The van der Waals surface area contributed by atoms with Crippen molar-refractivity contribution in [3.63, 3.8) is 0 Å². The van der Waals surface area contributed by atoms with Gasteiger partial charge in [0.1, 0.15) is 16.8 Å². The molecule has 4 rings (SSSR count). The molecule has 1 aliphatic heterocycles. The molecule has 2 fully saturated rings. The fraction of sp³-hybridized carbons (Fsp3) is 0.500. The summed E-state index contributed by atoms with van der Waals surface area (Å²) in [7, 11) is 0. The summed E-state index contributed by atoms with van der Waals surface area (Å²) in [6.45, 7) is 2.26. The number of ether oxygens (including phenoxy) is 1. The van der Waals surface area contributed by atoms with Gasteiger partial charge in [-0.1, -0.05) is 0 Å². The van der Waals surface area contributed by atoms with Crippen molar-refractivity contribution < 1.29 is 23.1 Å². The molecule has 0 unspecified atom stereocenters. The van der Waals surface area contributed by atoms with Gasteiger partial charge >= 0.3 is 12.5 Å². The van der Waals surface area contributed by atoms with Crippen molar-refractivity contribution in [2.75, 3.05) is 16.8 Å². The van der Waals surface area contributed by atoms with Crippen LogP contribution in [-0.2, 0) is 9.53 Å². The normalized spacial score (nSPS) is 20.8. The first kappa shape index (κ1) is 22.6. The molecular weight excluding hydrogens is 434 g/mol. The minimum Gasteiger partial charge on any atom is -0.455 e. The molecule has 1 saturated heterocycles. The quantitative estimate of drug-likeness (QED) is 0.650. The van der Waals surface area contributed by atoms with Gasteiger partial charge in [0.2, 0.25) is 5.91 Å². The van der Waals surface area contributed by atoms with E-state index in [2.05, 4.69) is 21.5 Å². The van der Waals surface area contributed by atoms with Gasteiger partial charge in [-0.25, -0.2) is 9.78 Å². The van der Waals surface area contributed by atoms with E-state index in [4.69, 9.17) is 4.74 Å². The van der Waals surface area contributed by atoms with E-state index in [1.807, 2.05) is 0 Å². The summed E-state index contributed by atoms with van der Waals surface area (Å²) in [5.74, 6) is -0.836. The summed E-state index contributed by atoms with van der Waals surface area (Å²) >= 11 is 0. The van der Waals surface area contributed by atoms with E-state index in [-0.39, 0.29) is 28.1 Å². The molecule has 2 aromatic rings. The lowest BCUT2D eigenvalue weighted by Crippen LogP contribution is -2.35. The Morgan fingerprint density at radius 1 is 1.33 bits per heavy atom. The van der Waals surface area contributed by atoms with E-state index in [0.29, 0.717) is 18.7 Å². The molecule has 0 spiro atoms. The van der Waals surface area contributed by atoms with Crippen molar-refractivity contribution in [1.82, 2.24) is 14.8 Å². The zero-order valence-corrected chi connectivity index (χ0v) is 18.5. The van der Waals surface area contributed by atoms with Crippen molar-refractivity contribution in [2.45, 2.75) is 52.2 Å². The number of carbonyl (C=O) groups is 2. The number of hydrogen-bond acceptors (Lipinski definition) is 7. The lowest BCUT2D eigenvalue weighted by atomic mass is 9.83. The Labute approximate surface area is 189 Å². The molecule has 0 radical (unpaired) electrons. The van der Waals surface area contributed by atoms with E-state index in [1.165, 1.54) is 6.20 Å². The summed E-state index contributed by atoms with van der Waals surface area (Å²) in [5.41, 5.74) is -1.71. The molecule has 9 nitrogen and oxygen atoms in total. The van der Waals surface area contributed by atoms with E-state index in [9.17, 15) is 23.6 Å². The molecule has 33 heavy (non-hydrogen) atoms. The minimum atomic E-state index is -3.05. The zero-order chi connectivity index (χ0) is 24.0. The molecule has 174 valence electrons. The second-order valence-electron chi connectivity index (χ2n) is 9.23. The first-order valence-electron chi connectivity index (χ1n) is 10.6. The molecule has 3 heterocycles. The average Bonchev–Trinajstić information content (AvgIpc) is 3.41. The molecule has 0 aromatic carbocycles. The molecule has 1 atom stereocenters. The fourth-order valence-corrected chi connectivity index (χ4v) is 4.01. The second kappa shape index (κ2) is 8.10. The van der Waals surface area contributed by atoms with Gasteiger partial charge in [0.05, 0.1) is 6.07 Å². The van der Waals surface area contributed by atoms with Crippen LogP contribution in [0.3, 0.4) is 0 Å². The lowest BCUT2D eigenvalue weighted by Gasteiger charge is -2.21. The van der Waals surface area contributed by atoms with Gasteiger partial charge in [-0.2, -0.15) is 18.7 Å². The third kappa shape index (κ3) is 4.37. The number of anilines is 3. The van der Waals surface area contributed by atoms with E-state index in [1.54, 1.807) is 37.8 Å². The van der Waals surface area contributed by atoms with Crippen LogP contribution in [0.25, 0.3) is 0 Å². The number of nitrogens with one attached hydrogen (secondary N) is 1. The van der Waals surface area contributed by atoms with E-state index in [0.717, 1.165) is 18.9 Å².